The second-order valence-corrected chi connectivity index (χ2v) is 4.45. The van der Waals surface area contributed by atoms with Gasteiger partial charge in [-0.15, -0.1) is 22.9 Å². The van der Waals surface area contributed by atoms with Crippen LogP contribution in [-0.4, -0.2) is 31.2 Å². The van der Waals surface area contributed by atoms with Crippen LogP contribution in [0.5, 0.6) is 0 Å². The normalized spacial score (nSPS) is 18.2. The minimum atomic E-state index is 0.516. The first-order chi connectivity index (χ1) is 6.90. The summed E-state index contributed by atoms with van der Waals surface area (Å²) in [6.07, 6.45) is 1.19. The summed E-state index contributed by atoms with van der Waals surface area (Å²) in [4.78, 5) is 6.81. The molecule has 2 heterocycles. The zero-order valence-corrected chi connectivity index (χ0v) is 9.57. The second-order valence-electron chi connectivity index (χ2n) is 3.35. The molecule has 0 unspecified atom stereocenters. The van der Waals surface area contributed by atoms with Crippen LogP contribution in [0.2, 0.25) is 0 Å². The van der Waals surface area contributed by atoms with Crippen LogP contribution in [0.4, 0.5) is 5.13 Å². The molecule has 0 atom stereocenters. The van der Waals surface area contributed by atoms with E-state index >= 15 is 0 Å². The van der Waals surface area contributed by atoms with Gasteiger partial charge in [-0.25, -0.2) is 4.98 Å². The largest absolute Gasteiger partial charge is 0.347 e. The van der Waals surface area contributed by atoms with Crippen LogP contribution in [0.1, 0.15) is 12.1 Å². The van der Waals surface area contributed by atoms with E-state index in [1.807, 2.05) is 5.38 Å². The van der Waals surface area contributed by atoms with Crippen molar-refractivity contribution in [3.63, 3.8) is 0 Å². The monoisotopic (exact) mass is 231 g/mol. The highest BCUT2D eigenvalue weighted by Crippen LogP contribution is 2.21. The first-order valence-corrected chi connectivity index (χ1v) is 6.27. The van der Waals surface area contributed by atoms with Crippen LogP contribution in [-0.2, 0) is 5.88 Å². The quantitative estimate of drug-likeness (QED) is 0.786. The molecule has 1 N–H and O–H groups in total. The summed E-state index contributed by atoms with van der Waals surface area (Å²) in [5, 5.41) is 6.53. The number of halogens is 1. The number of rotatable bonds is 2. The number of alkyl halides is 1. The van der Waals surface area contributed by atoms with Gasteiger partial charge in [-0.1, -0.05) is 0 Å². The summed E-state index contributed by atoms with van der Waals surface area (Å²) in [6.45, 7) is 4.32. The predicted molar refractivity (Wildman–Crippen MR) is 61.4 cm³/mol. The number of anilines is 1. The van der Waals surface area contributed by atoms with E-state index in [2.05, 4.69) is 15.2 Å². The molecule has 14 heavy (non-hydrogen) atoms. The Morgan fingerprint density at radius 2 is 2.43 bits per heavy atom. The molecule has 78 valence electrons. The molecule has 0 spiro atoms. The van der Waals surface area contributed by atoms with Gasteiger partial charge in [-0.2, -0.15) is 0 Å². The Morgan fingerprint density at radius 1 is 1.50 bits per heavy atom. The molecular formula is C9H14ClN3S. The van der Waals surface area contributed by atoms with Crippen molar-refractivity contribution >= 4 is 28.1 Å². The molecular weight excluding hydrogens is 218 g/mol. The molecule has 0 aromatic carbocycles. The maximum Gasteiger partial charge on any atom is 0.185 e. The van der Waals surface area contributed by atoms with Crippen molar-refractivity contribution in [1.29, 1.82) is 0 Å². The third-order valence-corrected chi connectivity index (χ3v) is 3.51. The second kappa shape index (κ2) is 4.96. The topological polar surface area (TPSA) is 28.2 Å². The molecule has 0 saturated carbocycles. The lowest BCUT2D eigenvalue weighted by molar-refractivity contribution is 0.724. The summed E-state index contributed by atoms with van der Waals surface area (Å²) in [5.74, 6) is 0.516. The van der Waals surface area contributed by atoms with E-state index in [-0.39, 0.29) is 0 Å². The van der Waals surface area contributed by atoms with Gasteiger partial charge in [0.1, 0.15) is 0 Å². The van der Waals surface area contributed by atoms with Gasteiger partial charge in [0.15, 0.2) is 5.13 Å². The van der Waals surface area contributed by atoms with Crippen LogP contribution in [0.15, 0.2) is 5.38 Å². The first-order valence-electron chi connectivity index (χ1n) is 4.86. The SMILES string of the molecule is ClCc1csc(N2CCCNCC2)n1. The Hall–Kier alpha value is -0.320. The molecule has 1 aliphatic heterocycles. The average molecular weight is 232 g/mol. The first kappa shape index (κ1) is 10.2. The Balaban J connectivity index is 2.04. The van der Waals surface area contributed by atoms with Gasteiger partial charge in [0.05, 0.1) is 11.6 Å². The molecule has 5 heteroatoms. The highest BCUT2D eigenvalue weighted by atomic mass is 35.5. The van der Waals surface area contributed by atoms with Gasteiger partial charge in [0, 0.05) is 25.0 Å². The molecule has 1 aliphatic rings. The Bertz CT molecular complexity index is 281. The molecule has 0 amide bonds. The number of nitrogens with one attached hydrogen (secondary N) is 1. The van der Waals surface area contributed by atoms with Crippen molar-refractivity contribution in [2.75, 3.05) is 31.1 Å². The van der Waals surface area contributed by atoms with Crippen molar-refractivity contribution in [1.82, 2.24) is 10.3 Å². The summed E-state index contributed by atoms with van der Waals surface area (Å²) < 4.78 is 0. The Morgan fingerprint density at radius 3 is 3.21 bits per heavy atom. The van der Waals surface area contributed by atoms with Gasteiger partial charge in [0.25, 0.3) is 0 Å². The smallest absolute Gasteiger partial charge is 0.185 e. The van der Waals surface area contributed by atoms with E-state index in [1.54, 1.807) is 11.3 Å². The molecule has 1 saturated heterocycles. The fraction of sp³-hybridized carbons (Fsp3) is 0.667. The Labute approximate surface area is 93.1 Å². The van der Waals surface area contributed by atoms with Crippen molar-refractivity contribution in [3.8, 4) is 0 Å². The predicted octanol–water partition coefficient (Wildman–Crippen LogP) is 1.68. The van der Waals surface area contributed by atoms with Gasteiger partial charge in [0.2, 0.25) is 0 Å². The van der Waals surface area contributed by atoms with E-state index in [0.29, 0.717) is 5.88 Å². The van der Waals surface area contributed by atoms with E-state index in [9.17, 15) is 0 Å². The van der Waals surface area contributed by atoms with E-state index < -0.39 is 0 Å². The lowest BCUT2D eigenvalue weighted by Crippen LogP contribution is -2.27. The molecule has 1 aromatic rings. The molecule has 2 rings (SSSR count). The summed E-state index contributed by atoms with van der Waals surface area (Å²) in [7, 11) is 0. The third-order valence-electron chi connectivity index (χ3n) is 2.29. The lowest BCUT2D eigenvalue weighted by atomic mass is 10.4. The maximum atomic E-state index is 5.72. The molecule has 0 aliphatic carbocycles. The summed E-state index contributed by atoms with van der Waals surface area (Å²) in [6, 6.07) is 0. The van der Waals surface area contributed by atoms with Crippen molar-refractivity contribution in [3.05, 3.63) is 11.1 Å². The summed E-state index contributed by atoms with van der Waals surface area (Å²) >= 11 is 7.42. The van der Waals surface area contributed by atoms with Crippen LogP contribution in [0.3, 0.4) is 0 Å². The van der Waals surface area contributed by atoms with Gasteiger partial charge in [-0.05, 0) is 13.0 Å². The number of thiazole rings is 1. The van der Waals surface area contributed by atoms with Crippen molar-refractivity contribution in [2.24, 2.45) is 0 Å². The van der Waals surface area contributed by atoms with Crippen LogP contribution in [0.25, 0.3) is 0 Å². The standard InChI is InChI=1S/C9H14ClN3S/c10-6-8-7-14-9(12-8)13-4-1-2-11-3-5-13/h7,11H,1-6H2. The molecule has 1 aromatic heterocycles. The number of hydrogen-bond donors (Lipinski definition) is 1. The molecule has 0 radical (unpaired) electrons. The van der Waals surface area contributed by atoms with Crippen molar-refractivity contribution < 1.29 is 0 Å². The van der Waals surface area contributed by atoms with E-state index in [1.165, 1.54) is 6.42 Å². The highest BCUT2D eigenvalue weighted by Gasteiger charge is 2.12. The van der Waals surface area contributed by atoms with Crippen LogP contribution in [0, 0.1) is 0 Å². The third kappa shape index (κ3) is 2.38. The highest BCUT2D eigenvalue weighted by molar-refractivity contribution is 7.13. The van der Waals surface area contributed by atoms with Crippen molar-refractivity contribution in [2.45, 2.75) is 12.3 Å². The average Bonchev–Trinajstić information content (AvgIpc) is 2.53. The van der Waals surface area contributed by atoms with Gasteiger partial charge in [-0.3, -0.25) is 0 Å². The lowest BCUT2D eigenvalue weighted by Gasteiger charge is -2.18. The fourth-order valence-corrected chi connectivity index (χ4v) is 2.65. The van der Waals surface area contributed by atoms with Crippen LogP contribution < -0.4 is 10.2 Å². The number of hydrogen-bond acceptors (Lipinski definition) is 4. The maximum absolute atomic E-state index is 5.72. The Kier molecular flexibility index (Phi) is 3.61. The number of aromatic nitrogens is 1. The zero-order chi connectivity index (χ0) is 9.80. The van der Waals surface area contributed by atoms with E-state index in [0.717, 1.165) is 37.0 Å². The fourth-order valence-electron chi connectivity index (χ4n) is 1.54. The number of nitrogens with zero attached hydrogens (tertiary/aromatic N) is 2. The van der Waals surface area contributed by atoms with E-state index in [4.69, 9.17) is 11.6 Å². The molecule has 3 nitrogen and oxygen atoms in total. The van der Waals surface area contributed by atoms with Gasteiger partial charge >= 0.3 is 0 Å². The minimum absolute atomic E-state index is 0.516. The summed E-state index contributed by atoms with van der Waals surface area (Å²) in [5.41, 5.74) is 0.990. The molecule has 1 fully saturated rings. The van der Waals surface area contributed by atoms with Crippen LogP contribution >= 0.6 is 22.9 Å². The minimum Gasteiger partial charge on any atom is -0.347 e. The molecule has 0 bridgehead atoms. The van der Waals surface area contributed by atoms with Gasteiger partial charge < -0.3 is 10.2 Å². The zero-order valence-electron chi connectivity index (χ0n) is 8.00.